The maximum absolute atomic E-state index is 8.33. The number of rotatable bonds is 0. The molecule has 0 radical (unpaired) electrons. The van der Waals surface area contributed by atoms with Gasteiger partial charge in [-0.25, -0.2) is 4.90 Å². The van der Waals surface area contributed by atoms with Crippen molar-refractivity contribution in [1.29, 1.82) is 5.26 Å². The largest absolute Gasteiger partial charge is 0.261 e. The Morgan fingerprint density at radius 3 is 2.78 bits per heavy atom. The highest BCUT2D eigenvalue weighted by atomic mass is 35.5. The van der Waals surface area contributed by atoms with Gasteiger partial charge in [0.1, 0.15) is 6.34 Å². The molecule has 1 aliphatic rings. The van der Waals surface area contributed by atoms with E-state index >= 15 is 0 Å². The van der Waals surface area contributed by atoms with Crippen LogP contribution in [-0.4, -0.2) is 28.9 Å². The van der Waals surface area contributed by atoms with E-state index in [-0.39, 0.29) is 0 Å². The monoisotopic (exact) mass is 144 g/mol. The summed E-state index contributed by atoms with van der Waals surface area (Å²) in [5, 5.41) is 13.6. The van der Waals surface area contributed by atoms with Gasteiger partial charge in [-0.05, 0) is 0 Å². The van der Waals surface area contributed by atoms with E-state index in [1.807, 2.05) is 6.19 Å². The molecule has 0 spiro atoms. The summed E-state index contributed by atoms with van der Waals surface area (Å²) >= 11 is 5.63. The predicted molar refractivity (Wildman–Crippen MR) is 33.3 cm³/mol. The Morgan fingerprint density at radius 1 is 1.89 bits per heavy atom. The van der Waals surface area contributed by atoms with E-state index in [4.69, 9.17) is 16.9 Å². The standard InChI is InChI=1S/C4H5ClN4/c1-8-4(5)9(2-6)3-7-8/h3-4H,1H3. The van der Waals surface area contributed by atoms with Crippen molar-refractivity contribution in [3.8, 4) is 6.19 Å². The molecule has 4 nitrogen and oxygen atoms in total. The van der Waals surface area contributed by atoms with Crippen molar-refractivity contribution in [3.05, 3.63) is 0 Å². The van der Waals surface area contributed by atoms with Gasteiger partial charge in [0.05, 0.1) is 0 Å². The second-order valence-electron chi connectivity index (χ2n) is 1.62. The minimum Gasteiger partial charge on any atom is -0.261 e. The average Bonchev–Trinajstić information content (AvgIpc) is 2.15. The Balaban J connectivity index is 2.65. The molecule has 0 aromatic carbocycles. The molecule has 9 heavy (non-hydrogen) atoms. The van der Waals surface area contributed by atoms with Gasteiger partial charge in [-0.15, -0.1) is 0 Å². The quantitative estimate of drug-likeness (QED) is 0.277. The Morgan fingerprint density at radius 2 is 2.56 bits per heavy atom. The highest BCUT2D eigenvalue weighted by Crippen LogP contribution is 2.11. The van der Waals surface area contributed by atoms with Gasteiger partial charge < -0.3 is 0 Å². The van der Waals surface area contributed by atoms with Gasteiger partial charge in [0.15, 0.2) is 6.19 Å². The molecule has 5 heteroatoms. The number of hydrogen-bond donors (Lipinski definition) is 0. The third-order valence-corrected chi connectivity index (χ3v) is 1.50. The number of hydrogen-bond acceptors (Lipinski definition) is 4. The Bertz CT molecular complexity index is 172. The molecule has 0 bridgehead atoms. The van der Waals surface area contributed by atoms with E-state index in [1.165, 1.54) is 16.2 Å². The Hall–Kier alpha value is -0.950. The van der Waals surface area contributed by atoms with Crippen LogP contribution in [0.15, 0.2) is 5.10 Å². The first kappa shape index (κ1) is 6.17. The first-order chi connectivity index (χ1) is 4.25. The number of hydrazone groups is 1. The van der Waals surface area contributed by atoms with Crippen LogP contribution in [0.4, 0.5) is 0 Å². The van der Waals surface area contributed by atoms with Gasteiger partial charge in [-0.2, -0.15) is 10.4 Å². The van der Waals surface area contributed by atoms with Crippen LogP contribution in [0.5, 0.6) is 0 Å². The third kappa shape index (κ3) is 0.911. The first-order valence-corrected chi connectivity index (χ1v) is 2.78. The third-order valence-electron chi connectivity index (χ3n) is 1.01. The van der Waals surface area contributed by atoms with Gasteiger partial charge in [0.25, 0.3) is 0 Å². The molecule has 0 aliphatic carbocycles. The molecule has 1 aliphatic heterocycles. The molecule has 1 atom stereocenters. The number of halogens is 1. The van der Waals surface area contributed by atoms with Crippen LogP contribution in [-0.2, 0) is 0 Å². The minimum absolute atomic E-state index is 0.449. The summed E-state index contributed by atoms with van der Waals surface area (Å²) in [6, 6.07) is 0. The molecule has 0 aromatic heterocycles. The van der Waals surface area contributed by atoms with Crippen LogP contribution < -0.4 is 0 Å². The maximum atomic E-state index is 8.33. The second-order valence-corrected chi connectivity index (χ2v) is 2.01. The molecule has 1 heterocycles. The van der Waals surface area contributed by atoms with Crippen molar-refractivity contribution in [3.63, 3.8) is 0 Å². The summed E-state index contributed by atoms with van der Waals surface area (Å²) < 4.78 is 0. The van der Waals surface area contributed by atoms with E-state index < -0.39 is 5.62 Å². The second kappa shape index (κ2) is 2.11. The molecule has 0 saturated heterocycles. The van der Waals surface area contributed by atoms with Crippen LogP contribution >= 0.6 is 11.6 Å². The van der Waals surface area contributed by atoms with E-state index in [9.17, 15) is 0 Å². The van der Waals surface area contributed by atoms with Crippen LogP contribution in [0.3, 0.4) is 0 Å². The van der Waals surface area contributed by atoms with Gasteiger partial charge in [-0.1, -0.05) is 11.6 Å². The number of nitrogens with zero attached hydrogens (tertiary/aromatic N) is 4. The minimum atomic E-state index is -0.449. The molecule has 48 valence electrons. The predicted octanol–water partition coefficient (Wildman–Crippen LogP) is 0.181. The van der Waals surface area contributed by atoms with Gasteiger partial charge >= 0.3 is 0 Å². The summed E-state index contributed by atoms with van der Waals surface area (Å²) in [7, 11) is 1.70. The van der Waals surface area contributed by atoms with Crippen LogP contribution in [0.25, 0.3) is 0 Å². The number of alkyl halides is 1. The lowest BCUT2D eigenvalue weighted by Gasteiger charge is -2.14. The molecule has 0 saturated carbocycles. The average molecular weight is 145 g/mol. The summed E-state index contributed by atoms with van der Waals surface area (Å²) in [4.78, 5) is 1.25. The lowest BCUT2D eigenvalue weighted by Crippen LogP contribution is -2.28. The molecule has 0 fully saturated rings. The Labute approximate surface area is 57.9 Å². The zero-order valence-corrected chi connectivity index (χ0v) is 5.58. The zero-order chi connectivity index (χ0) is 6.85. The topological polar surface area (TPSA) is 42.6 Å². The first-order valence-electron chi connectivity index (χ1n) is 2.35. The highest BCUT2D eigenvalue weighted by molar-refractivity contribution is 6.21. The van der Waals surface area contributed by atoms with Crippen LogP contribution in [0.1, 0.15) is 0 Å². The van der Waals surface area contributed by atoms with Crippen LogP contribution in [0.2, 0.25) is 0 Å². The Kier molecular flexibility index (Phi) is 1.45. The summed E-state index contributed by atoms with van der Waals surface area (Å²) in [6.07, 6.45) is 3.24. The molecule has 0 aromatic rings. The molecule has 1 unspecified atom stereocenters. The zero-order valence-electron chi connectivity index (χ0n) is 4.82. The fourth-order valence-corrected chi connectivity index (χ4v) is 0.645. The summed E-state index contributed by atoms with van der Waals surface area (Å²) in [5.41, 5.74) is -0.449. The molecule has 0 amide bonds. The van der Waals surface area contributed by atoms with E-state index in [1.54, 1.807) is 7.05 Å². The molecule has 1 rings (SSSR count). The van der Waals surface area contributed by atoms with E-state index in [0.717, 1.165) is 0 Å². The van der Waals surface area contributed by atoms with Crippen molar-refractivity contribution in [1.82, 2.24) is 9.91 Å². The SMILES string of the molecule is CN1N=CN(C#N)C1Cl. The van der Waals surface area contributed by atoms with Crippen molar-refractivity contribution >= 4 is 17.9 Å². The van der Waals surface area contributed by atoms with Crippen molar-refractivity contribution in [2.24, 2.45) is 5.10 Å². The fourth-order valence-electron chi connectivity index (χ4n) is 0.501. The lowest BCUT2D eigenvalue weighted by atomic mass is 10.8. The molecule has 0 N–H and O–H groups in total. The van der Waals surface area contributed by atoms with Gasteiger partial charge in [-0.3, -0.25) is 5.01 Å². The lowest BCUT2D eigenvalue weighted by molar-refractivity contribution is 0.281. The van der Waals surface area contributed by atoms with Crippen LogP contribution in [0, 0.1) is 11.5 Å². The van der Waals surface area contributed by atoms with Crippen molar-refractivity contribution in [2.45, 2.75) is 5.62 Å². The van der Waals surface area contributed by atoms with Crippen molar-refractivity contribution in [2.75, 3.05) is 7.05 Å². The number of nitriles is 1. The molecular weight excluding hydrogens is 140 g/mol. The van der Waals surface area contributed by atoms with E-state index in [0.29, 0.717) is 0 Å². The fraction of sp³-hybridized carbons (Fsp3) is 0.500. The van der Waals surface area contributed by atoms with Gasteiger partial charge in [0, 0.05) is 7.05 Å². The maximum Gasteiger partial charge on any atom is 0.208 e. The van der Waals surface area contributed by atoms with E-state index in [2.05, 4.69) is 5.10 Å². The van der Waals surface area contributed by atoms with Gasteiger partial charge in [0.2, 0.25) is 5.62 Å². The summed E-state index contributed by atoms with van der Waals surface area (Å²) in [5.74, 6) is 0. The molecular formula is C4H5ClN4. The highest BCUT2D eigenvalue weighted by Gasteiger charge is 2.21. The normalized spacial score (nSPS) is 24.8. The summed E-state index contributed by atoms with van der Waals surface area (Å²) in [6.45, 7) is 0. The smallest absolute Gasteiger partial charge is 0.208 e. The van der Waals surface area contributed by atoms with Crippen molar-refractivity contribution < 1.29 is 0 Å².